The summed E-state index contributed by atoms with van der Waals surface area (Å²) in [6.45, 7) is 2.42. The topological polar surface area (TPSA) is 72.5 Å². The normalized spacial score (nSPS) is 12.1. The fraction of sp³-hybridized carbons (Fsp3) is 0.417. The molecule has 0 radical (unpaired) electrons. The molecule has 1 unspecified atom stereocenters. The fourth-order valence-corrected chi connectivity index (χ4v) is 1.21. The molecule has 1 aromatic rings. The highest BCUT2D eigenvalue weighted by atomic mass is 16.5. The van der Waals surface area contributed by atoms with Gasteiger partial charge in [0.15, 0.2) is 0 Å². The number of benzene rings is 1. The zero-order chi connectivity index (χ0) is 12.0. The summed E-state index contributed by atoms with van der Waals surface area (Å²) in [4.78, 5) is 10.6. The van der Waals surface area contributed by atoms with Gasteiger partial charge in [0.1, 0.15) is 12.4 Å². The van der Waals surface area contributed by atoms with Crippen LogP contribution in [0.3, 0.4) is 0 Å². The molecule has 0 bridgehead atoms. The first-order valence-electron chi connectivity index (χ1n) is 5.28. The molecule has 1 aromatic carbocycles. The van der Waals surface area contributed by atoms with Crippen LogP contribution in [0.2, 0.25) is 0 Å². The molecule has 16 heavy (non-hydrogen) atoms. The van der Waals surface area contributed by atoms with Crippen molar-refractivity contribution in [1.29, 1.82) is 0 Å². The number of aliphatic carboxylic acids is 1. The van der Waals surface area contributed by atoms with E-state index >= 15 is 0 Å². The lowest BCUT2D eigenvalue weighted by Gasteiger charge is -2.09. The van der Waals surface area contributed by atoms with E-state index in [0.29, 0.717) is 12.3 Å². The lowest BCUT2D eigenvalue weighted by atomic mass is 10.1. The molecule has 0 saturated carbocycles. The van der Waals surface area contributed by atoms with E-state index < -0.39 is 11.9 Å². The summed E-state index contributed by atoms with van der Waals surface area (Å²) >= 11 is 0. The van der Waals surface area contributed by atoms with Gasteiger partial charge in [-0.05, 0) is 37.6 Å². The smallest absolute Gasteiger partial charge is 0.309 e. The van der Waals surface area contributed by atoms with Gasteiger partial charge in [-0.25, -0.2) is 0 Å². The second-order valence-electron chi connectivity index (χ2n) is 3.73. The van der Waals surface area contributed by atoms with Crippen LogP contribution in [0.4, 0.5) is 0 Å². The van der Waals surface area contributed by atoms with Gasteiger partial charge in [-0.3, -0.25) is 4.79 Å². The van der Waals surface area contributed by atoms with E-state index in [9.17, 15) is 4.79 Å². The van der Waals surface area contributed by atoms with Gasteiger partial charge in [-0.2, -0.15) is 0 Å². The highest BCUT2D eigenvalue weighted by Crippen LogP contribution is 2.13. The lowest BCUT2D eigenvalue weighted by Crippen LogP contribution is -2.17. The number of hydrogen-bond donors (Lipinski definition) is 2. The quantitative estimate of drug-likeness (QED) is 0.762. The highest BCUT2D eigenvalue weighted by Gasteiger charge is 2.11. The Bertz CT molecular complexity index is 335. The largest absolute Gasteiger partial charge is 0.493 e. The van der Waals surface area contributed by atoms with E-state index in [1.54, 1.807) is 6.92 Å². The molecular weight excluding hydrogens is 206 g/mol. The summed E-state index contributed by atoms with van der Waals surface area (Å²) in [6.07, 6.45) is 0.839. The van der Waals surface area contributed by atoms with Crippen molar-refractivity contribution in [3.05, 3.63) is 29.8 Å². The second kappa shape index (κ2) is 6.12. The first-order chi connectivity index (χ1) is 7.63. The summed E-state index contributed by atoms with van der Waals surface area (Å²) in [5, 5.41) is 8.68. The molecular formula is C12H17NO3. The number of ether oxygens (including phenoxy) is 1. The van der Waals surface area contributed by atoms with Gasteiger partial charge in [-0.15, -0.1) is 0 Å². The fourth-order valence-electron chi connectivity index (χ4n) is 1.21. The highest BCUT2D eigenvalue weighted by molar-refractivity contribution is 5.69. The molecule has 0 fully saturated rings. The van der Waals surface area contributed by atoms with E-state index in [0.717, 1.165) is 12.0 Å². The Morgan fingerprint density at radius 3 is 2.56 bits per heavy atom. The summed E-state index contributed by atoms with van der Waals surface area (Å²) in [5.74, 6) is -0.655. The molecule has 0 amide bonds. The van der Waals surface area contributed by atoms with Crippen molar-refractivity contribution in [2.45, 2.75) is 13.3 Å². The van der Waals surface area contributed by atoms with Crippen LogP contribution in [-0.2, 0) is 11.2 Å². The summed E-state index contributed by atoms with van der Waals surface area (Å²) in [6, 6.07) is 7.54. The van der Waals surface area contributed by atoms with Crippen LogP contribution in [0.1, 0.15) is 12.5 Å². The average Bonchev–Trinajstić information content (AvgIpc) is 2.28. The van der Waals surface area contributed by atoms with E-state index in [-0.39, 0.29) is 6.61 Å². The van der Waals surface area contributed by atoms with Gasteiger partial charge in [0.2, 0.25) is 0 Å². The first-order valence-corrected chi connectivity index (χ1v) is 5.28. The number of carboxylic acid groups (broad SMARTS) is 1. The van der Waals surface area contributed by atoms with Crippen molar-refractivity contribution in [3.8, 4) is 5.75 Å². The standard InChI is InChI=1S/C12H17NO3/c1-9(12(14)15)8-16-11-4-2-10(3-5-11)6-7-13/h2-5,9H,6-8,13H2,1H3,(H,14,15). The molecule has 4 heteroatoms. The number of nitrogens with two attached hydrogens (primary N) is 1. The third kappa shape index (κ3) is 3.90. The average molecular weight is 223 g/mol. The zero-order valence-electron chi connectivity index (χ0n) is 9.35. The maximum Gasteiger partial charge on any atom is 0.309 e. The monoisotopic (exact) mass is 223 g/mol. The summed E-state index contributed by atoms with van der Waals surface area (Å²) in [5.41, 5.74) is 6.59. The number of hydrogen-bond acceptors (Lipinski definition) is 3. The summed E-state index contributed by atoms with van der Waals surface area (Å²) in [7, 11) is 0. The third-order valence-corrected chi connectivity index (χ3v) is 2.28. The predicted octanol–water partition coefficient (Wildman–Crippen LogP) is 1.29. The van der Waals surface area contributed by atoms with Crippen molar-refractivity contribution in [3.63, 3.8) is 0 Å². The second-order valence-corrected chi connectivity index (χ2v) is 3.73. The SMILES string of the molecule is CC(COc1ccc(CCN)cc1)C(=O)O. The Kier molecular flexibility index (Phi) is 4.79. The predicted molar refractivity (Wildman–Crippen MR) is 61.5 cm³/mol. The molecule has 3 N–H and O–H groups in total. The minimum absolute atomic E-state index is 0.186. The van der Waals surface area contributed by atoms with Gasteiger partial charge >= 0.3 is 5.97 Å². The van der Waals surface area contributed by atoms with Crippen molar-refractivity contribution in [2.75, 3.05) is 13.2 Å². The maximum atomic E-state index is 10.6. The molecule has 0 spiro atoms. The van der Waals surface area contributed by atoms with Crippen LogP contribution in [0.25, 0.3) is 0 Å². The van der Waals surface area contributed by atoms with Crippen molar-refractivity contribution >= 4 is 5.97 Å². The molecule has 0 saturated heterocycles. The Balaban J connectivity index is 2.46. The maximum absolute atomic E-state index is 10.6. The van der Waals surface area contributed by atoms with Gasteiger partial charge in [-0.1, -0.05) is 12.1 Å². The molecule has 88 valence electrons. The van der Waals surface area contributed by atoms with Gasteiger partial charge in [0.05, 0.1) is 5.92 Å². The van der Waals surface area contributed by atoms with Crippen LogP contribution in [-0.4, -0.2) is 24.2 Å². The number of rotatable bonds is 6. The molecule has 4 nitrogen and oxygen atoms in total. The Morgan fingerprint density at radius 2 is 2.06 bits per heavy atom. The number of carbonyl (C=O) groups is 1. The molecule has 0 aliphatic rings. The third-order valence-electron chi connectivity index (χ3n) is 2.28. The lowest BCUT2D eigenvalue weighted by molar-refractivity contribution is -0.142. The minimum Gasteiger partial charge on any atom is -0.493 e. The molecule has 0 aromatic heterocycles. The molecule has 0 heterocycles. The molecule has 0 aliphatic heterocycles. The Hall–Kier alpha value is -1.55. The van der Waals surface area contributed by atoms with Crippen LogP contribution >= 0.6 is 0 Å². The van der Waals surface area contributed by atoms with Gasteiger partial charge in [0, 0.05) is 0 Å². The van der Waals surface area contributed by atoms with Crippen LogP contribution in [0.15, 0.2) is 24.3 Å². The van der Waals surface area contributed by atoms with Crippen molar-refractivity contribution < 1.29 is 14.6 Å². The van der Waals surface area contributed by atoms with Gasteiger partial charge < -0.3 is 15.6 Å². The Morgan fingerprint density at radius 1 is 1.44 bits per heavy atom. The van der Waals surface area contributed by atoms with E-state index in [4.69, 9.17) is 15.6 Å². The molecule has 1 rings (SSSR count). The van der Waals surface area contributed by atoms with Crippen LogP contribution in [0, 0.1) is 5.92 Å². The van der Waals surface area contributed by atoms with Crippen molar-refractivity contribution in [1.82, 2.24) is 0 Å². The first kappa shape index (κ1) is 12.5. The van der Waals surface area contributed by atoms with Crippen LogP contribution in [0.5, 0.6) is 5.75 Å². The molecule has 1 atom stereocenters. The zero-order valence-corrected chi connectivity index (χ0v) is 9.35. The van der Waals surface area contributed by atoms with Crippen molar-refractivity contribution in [2.24, 2.45) is 11.7 Å². The van der Waals surface area contributed by atoms with E-state index in [2.05, 4.69) is 0 Å². The van der Waals surface area contributed by atoms with E-state index in [1.165, 1.54) is 0 Å². The molecule has 0 aliphatic carbocycles. The minimum atomic E-state index is -0.847. The summed E-state index contributed by atoms with van der Waals surface area (Å²) < 4.78 is 5.35. The number of carboxylic acids is 1. The van der Waals surface area contributed by atoms with Crippen LogP contribution < -0.4 is 10.5 Å². The van der Waals surface area contributed by atoms with Gasteiger partial charge in [0.25, 0.3) is 0 Å². The van der Waals surface area contributed by atoms with E-state index in [1.807, 2.05) is 24.3 Å². The Labute approximate surface area is 95.0 Å².